The molecular weight excluding hydrogens is 443 g/mol. The maximum Gasteiger partial charge on any atom is 0.0728 e. The minimum absolute atomic E-state index is 0.628. The van der Waals surface area contributed by atoms with Gasteiger partial charge in [0.25, 0.3) is 0 Å². The molecule has 0 aliphatic heterocycles. The lowest BCUT2D eigenvalue weighted by atomic mass is 10.1. The van der Waals surface area contributed by atoms with E-state index in [1.54, 1.807) is 30.1 Å². The highest BCUT2D eigenvalue weighted by Gasteiger charge is 2.10. The third-order valence-electron chi connectivity index (χ3n) is 4.51. The zero-order chi connectivity index (χ0) is 20.5. The first-order valence-electron chi connectivity index (χ1n) is 9.77. The number of fused-ring (bicyclic) bond motifs is 1. The second kappa shape index (κ2) is 12.0. The van der Waals surface area contributed by atoms with Gasteiger partial charge in [0, 0.05) is 27.9 Å². The van der Waals surface area contributed by atoms with Crippen LogP contribution in [0.1, 0.15) is 32.1 Å². The number of halogens is 2. The molecule has 5 N–H and O–H groups in total. The topological polar surface area (TPSA) is 65.9 Å². The molecule has 0 aliphatic carbocycles. The van der Waals surface area contributed by atoms with E-state index in [2.05, 4.69) is 38.7 Å². The lowest BCUT2D eigenvalue weighted by Gasteiger charge is -2.09. The van der Waals surface area contributed by atoms with Gasteiger partial charge in [-0.1, -0.05) is 42.5 Å². The molecular formula is C21H26Cl2N4S2. The van der Waals surface area contributed by atoms with Gasteiger partial charge in [0.15, 0.2) is 0 Å². The molecule has 0 saturated heterocycles. The molecule has 0 fully saturated rings. The summed E-state index contributed by atoms with van der Waals surface area (Å²) in [6, 6.07) is 12.3. The molecule has 1 heterocycles. The number of H-pyrrole nitrogens is 1. The van der Waals surface area contributed by atoms with Crippen molar-refractivity contribution in [1.29, 1.82) is 0 Å². The van der Waals surface area contributed by atoms with Crippen molar-refractivity contribution >= 4 is 63.7 Å². The minimum atomic E-state index is 0.628. The van der Waals surface area contributed by atoms with Gasteiger partial charge < -0.3 is 15.4 Å². The average molecular weight is 470 g/mol. The Morgan fingerprint density at radius 1 is 0.828 bits per heavy atom. The Morgan fingerprint density at radius 3 is 2.28 bits per heavy atom. The number of hydrogen-bond donors (Lipinski definition) is 4. The highest BCUT2D eigenvalue weighted by Crippen LogP contribution is 2.36. The molecule has 8 heteroatoms. The molecule has 3 rings (SSSR count). The Labute approximate surface area is 190 Å². The van der Waals surface area contributed by atoms with Gasteiger partial charge in [-0.25, -0.2) is 0 Å². The van der Waals surface area contributed by atoms with Crippen molar-refractivity contribution in [2.45, 2.75) is 41.9 Å². The van der Waals surface area contributed by atoms with Crippen molar-refractivity contribution in [3.8, 4) is 0 Å². The highest BCUT2D eigenvalue weighted by molar-refractivity contribution is 8.00. The maximum atomic E-state index is 6.25. The summed E-state index contributed by atoms with van der Waals surface area (Å²) in [6.45, 7) is 1.83. The average Bonchev–Trinajstić information content (AvgIpc) is 3.13. The van der Waals surface area contributed by atoms with E-state index in [1.807, 2.05) is 12.1 Å². The quantitative estimate of drug-likeness (QED) is 0.168. The first kappa shape index (κ1) is 22.7. The van der Waals surface area contributed by atoms with E-state index in [0.717, 1.165) is 41.0 Å². The van der Waals surface area contributed by atoms with Crippen LogP contribution in [0.5, 0.6) is 0 Å². The van der Waals surface area contributed by atoms with Crippen LogP contribution in [0.4, 0.5) is 5.69 Å². The minimum Gasteiger partial charge on any atom is -0.358 e. The van der Waals surface area contributed by atoms with Gasteiger partial charge >= 0.3 is 0 Å². The molecule has 4 nitrogen and oxygen atoms in total. The van der Waals surface area contributed by atoms with Crippen LogP contribution in [0.3, 0.4) is 0 Å². The first-order chi connectivity index (χ1) is 14.2. The summed E-state index contributed by atoms with van der Waals surface area (Å²) >= 11 is 15.7. The largest absolute Gasteiger partial charge is 0.358 e. The van der Waals surface area contributed by atoms with Gasteiger partial charge in [-0.2, -0.15) is 0 Å². The summed E-state index contributed by atoms with van der Waals surface area (Å²) in [6.07, 6.45) is 7.88. The van der Waals surface area contributed by atoms with Crippen LogP contribution in [-0.2, 0) is 0 Å². The molecule has 156 valence electrons. The summed E-state index contributed by atoms with van der Waals surface area (Å²) < 4.78 is 6.82. The Hall–Kier alpha value is -1.02. The normalized spacial score (nSPS) is 11.3. The number of benzene rings is 2. The first-order valence-corrected chi connectivity index (χ1v) is 12.2. The second-order valence-corrected chi connectivity index (χ2v) is 9.37. The molecule has 0 unspecified atom stereocenters. The lowest BCUT2D eigenvalue weighted by molar-refractivity contribution is 0.617. The lowest BCUT2D eigenvalue weighted by Crippen LogP contribution is -2.05. The number of nitrogens with two attached hydrogens (primary N) is 1. The summed E-state index contributed by atoms with van der Waals surface area (Å²) in [5.74, 6) is 0. The van der Waals surface area contributed by atoms with Crippen LogP contribution in [0, 0.1) is 0 Å². The Kier molecular flexibility index (Phi) is 9.36. The molecule has 2 aromatic carbocycles. The molecule has 0 spiro atoms. The molecule has 0 amide bonds. The predicted molar refractivity (Wildman–Crippen MR) is 130 cm³/mol. The van der Waals surface area contributed by atoms with E-state index >= 15 is 0 Å². The van der Waals surface area contributed by atoms with Crippen molar-refractivity contribution in [2.24, 2.45) is 5.73 Å². The zero-order valence-electron chi connectivity index (χ0n) is 16.1. The molecule has 0 aliphatic rings. The van der Waals surface area contributed by atoms with Crippen LogP contribution >= 0.6 is 47.1 Å². The maximum absolute atomic E-state index is 6.25. The van der Waals surface area contributed by atoms with Gasteiger partial charge in [0.1, 0.15) is 0 Å². The third-order valence-corrected chi connectivity index (χ3v) is 6.81. The van der Waals surface area contributed by atoms with E-state index < -0.39 is 0 Å². The Morgan fingerprint density at radius 2 is 1.52 bits per heavy atom. The SMILES string of the molecule is NCCCCCCCNSc1ccc(SNc2ccc(Cl)c3c(Cl)c[nH]c23)cc1. The zero-order valence-corrected chi connectivity index (χ0v) is 19.3. The second-order valence-electron chi connectivity index (χ2n) is 6.71. The van der Waals surface area contributed by atoms with E-state index in [1.165, 1.54) is 30.6 Å². The summed E-state index contributed by atoms with van der Waals surface area (Å²) in [4.78, 5) is 5.53. The van der Waals surface area contributed by atoms with Crippen molar-refractivity contribution in [3.63, 3.8) is 0 Å². The van der Waals surface area contributed by atoms with Crippen LogP contribution in [-0.4, -0.2) is 18.1 Å². The number of unbranched alkanes of at least 4 members (excludes halogenated alkanes) is 4. The van der Waals surface area contributed by atoms with Crippen molar-refractivity contribution in [3.05, 3.63) is 52.6 Å². The summed E-state index contributed by atoms with van der Waals surface area (Å²) in [5.41, 5.74) is 7.37. The molecule has 0 atom stereocenters. The van der Waals surface area contributed by atoms with E-state index in [0.29, 0.717) is 10.0 Å². The number of aromatic amines is 1. The van der Waals surface area contributed by atoms with Gasteiger partial charge in [0.05, 0.1) is 21.2 Å². The van der Waals surface area contributed by atoms with E-state index in [9.17, 15) is 0 Å². The number of anilines is 1. The standard InChI is InChI=1S/C21H26Cl2N4S2/c22-17-10-11-19(21-20(17)18(23)14-25-21)27-29-16-8-6-15(7-9-16)28-26-13-5-3-1-2-4-12-24/h6-11,14,25-27H,1-5,12-13,24H2. The van der Waals surface area contributed by atoms with Crippen molar-refractivity contribution in [2.75, 3.05) is 17.8 Å². The molecule has 0 radical (unpaired) electrons. The van der Waals surface area contributed by atoms with Gasteiger partial charge in [-0.3, -0.25) is 4.72 Å². The predicted octanol–water partition coefficient (Wildman–Crippen LogP) is 7.10. The van der Waals surface area contributed by atoms with E-state index in [4.69, 9.17) is 28.9 Å². The van der Waals surface area contributed by atoms with Crippen LogP contribution in [0.25, 0.3) is 10.9 Å². The third kappa shape index (κ3) is 6.74. The fourth-order valence-electron chi connectivity index (χ4n) is 2.95. The molecule has 0 bridgehead atoms. The van der Waals surface area contributed by atoms with Gasteiger partial charge in [-0.05, 0) is 79.7 Å². The highest BCUT2D eigenvalue weighted by atomic mass is 35.5. The van der Waals surface area contributed by atoms with E-state index in [-0.39, 0.29) is 0 Å². The molecule has 29 heavy (non-hydrogen) atoms. The smallest absolute Gasteiger partial charge is 0.0728 e. The van der Waals surface area contributed by atoms with Gasteiger partial charge in [-0.15, -0.1) is 0 Å². The molecule has 1 aromatic heterocycles. The Bertz CT molecular complexity index is 900. The molecule has 3 aromatic rings. The van der Waals surface area contributed by atoms with Crippen LogP contribution in [0.2, 0.25) is 10.0 Å². The number of rotatable bonds is 12. The fraction of sp³-hybridized carbons (Fsp3) is 0.333. The monoisotopic (exact) mass is 468 g/mol. The van der Waals surface area contributed by atoms with Crippen LogP contribution in [0.15, 0.2) is 52.4 Å². The molecule has 0 saturated carbocycles. The summed E-state index contributed by atoms with van der Waals surface area (Å²) in [7, 11) is 0. The number of aromatic nitrogens is 1. The Balaban J connectivity index is 1.43. The van der Waals surface area contributed by atoms with Crippen molar-refractivity contribution in [1.82, 2.24) is 9.71 Å². The van der Waals surface area contributed by atoms with Gasteiger partial charge in [0.2, 0.25) is 0 Å². The van der Waals surface area contributed by atoms with Crippen LogP contribution < -0.4 is 15.2 Å². The summed E-state index contributed by atoms with van der Waals surface area (Å²) in [5, 5.41) is 2.12. The van der Waals surface area contributed by atoms with Crippen molar-refractivity contribution < 1.29 is 0 Å². The fourth-order valence-corrected chi connectivity index (χ4v) is 4.86. The number of hydrogen-bond acceptors (Lipinski definition) is 5. The number of nitrogens with one attached hydrogen (secondary N) is 3.